The number of carboxylic acids is 1. The van der Waals surface area contributed by atoms with Gasteiger partial charge in [-0.3, -0.25) is 4.79 Å². The topological polar surface area (TPSA) is 60.4 Å². The van der Waals surface area contributed by atoms with E-state index in [1.165, 1.54) is 12.8 Å². The number of benzene rings is 2. The number of carboxylic acid groups (broad SMARTS) is 1. The van der Waals surface area contributed by atoms with Crippen molar-refractivity contribution in [1.29, 1.82) is 0 Å². The minimum Gasteiger partial charge on any atom is -0.545 e. The van der Waals surface area contributed by atoms with Crippen LogP contribution in [0.2, 0.25) is 0 Å². The van der Waals surface area contributed by atoms with E-state index >= 15 is 0 Å². The van der Waals surface area contributed by atoms with Gasteiger partial charge in [0.25, 0.3) is 0 Å². The summed E-state index contributed by atoms with van der Waals surface area (Å²) in [6.07, 6.45) is 8.66. The Morgan fingerprint density at radius 3 is 1.88 bits per heavy atom. The molecule has 166 valence electrons. The fourth-order valence-electron chi connectivity index (χ4n) is 4.71. The standard InChI is InChI=1S/C27H35NO3.Na/c1-3-7-25(8-4-2)28(26(29)23-9-5-6-10-23)19-20-11-13-21(14-12-20)22-15-17-24(18-16-22)27(30)31;/h11-18,23,25H,3-10,19H2,1-2H3,(H,30,31);/q;+1/p-1. The second-order valence-corrected chi connectivity index (χ2v) is 8.74. The molecular formula is C27H34NNaO3. The van der Waals surface area contributed by atoms with E-state index in [1.54, 1.807) is 24.3 Å². The zero-order valence-electron chi connectivity index (χ0n) is 19.8. The molecule has 5 heteroatoms. The van der Waals surface area contributed by atoms with E-state index in [9.17, 15) is 14.7 Å². The number of hydrogen-bond donors (Lipinski definition) is 0. The van der Waals surface area contributed by atoms with Gasteiger partial charge < -0.3 is 14.8 Å². The van der Waals surface area contributed by atoms with E-state index < -0.39 is 5.97 Å². The molecule has 0 saturated heterocycles. The molecule has 32 heavy (non-hydrogen) atoms. The van der Waals surface area contributed by atoms with Gasteiger partial charge in [-0.1, -0.05) is 88.1 Å². The van der Waals surface area contributed by atoms with E-state index in [2.05, 4.69) is 43.0 Å². The number of rotatable bonds is 10. The fourth-order valence-corrected chi connectivity index (χ4v) is 4.71. The van der Waals surface area contributed by atoms with Gasteiger partial charge in [-0.05, 0) is 47.9 Å². The van der Waals surface area contributed by atoms with Crippen LogP contribution in [0.5, 0.6) is 0 Å². The van der Waals surface area contributed by atoms with Crippen LogP contribution >= 0.6 is 0 Å². The molecule has 1 amide bonds. The normalized spacial score (nSPS) is 13.7. The number of carbonyl (C=O) groups excluding carboxylic acids is 2. The van der Waals surface area contributed by atoms with Crippen molar-refractivity contribution in [3.63, 3.8) is 0 Å². The van der Waals surface area contributed by atoms with Gasteiger partial charge in [0.1, 0.15) is 0 Å². The third kappa shape index (κ3) is 6.94. The molecule has 0 unspecified atom stereocenters. The zero-order valence-corrected chi connectivity index (χ0v) is 21.8. The molecule has 4 nitrogen and oxygen atoms in total. The van der Waals surface area contributed by atoms with E-state index in [1.807, 2.05) is 0 Å². The van der Waals surface area contributed by atoms with Gasteiger partial charge in [0.05, 0.1) is 5.97 Å². The number of nitrogens with zero attached hydrogens (tertiary/aromatic N) is 1. The summed E-state index contributed by atoms with van der Waals surface area (Å²) in [4.78, 5) is 26.5. The van der Waals surface area contributed by atoms with Crippen LogP contribution in [0.1, 0.15) is 81.1 Å². The predicted octanol–water partition coefficient (Wildman–Crippen LogP) is 2.21. The van der Waals surface area contributed by atoms with Crippen LogP contribution in [-0.2, 0) is 11.3 Å². The molecule has 3 rings (SSSR count). The van der Waals surface area contributed by atoms with Crippen LogP contribution in [0.15, 0.2) is 48.5 Å². The van der Waals surface area contributed by atoms with Crippen molar-refractivity contribution in [1.82, 2.24) is 4.90 Å². The zero-order chi connectivity index (χ0) is 22.2. The van der Waals surface area contributed by atoms with Crippen molar-refractivity contribution in [3.8, 4) is 11.1 Å². The summed E-state index contributed by atoms with van der Waals surface area (Å²) < 4.78 is 0. The number of hydrogen-bond acceptors (Lipinski definition) is 3. The number of aromatic carboxylic acids is 1. The molecule has 0 bridgehead atoms. The molecule has 0 radical (unpaired) electrons. The van der Waals surface area contributed by atoms with Crippen molar-refractivity contribution in [3.05, 3.63) is 59.7 Å². The molecule has 0 heterocycles. The average molecular weight is 444 g/mol. The fraction of sp³-hybridized carbons (Fsp3) is 0.481. The van der Waals surface area contributed by atoms with E-state index in [0.29, 0.717) is 18.5 Å². The molecule has 0 aliphatic heterocycles. The first kappa shape index (κ1) is 26.6. The van der Waals surface area contributed by atoms with Gasteiger partial charge in [0, 0.05) is 18.5 Å². The van der Waals surface area contributed by atoms with Crippen LogP contribution in [0, 0.1) is 5.92 Å². The van der Waals surface area contributed by atoms with E-state index in [-0.39, 0.29) is 41.0 Å². The molecule has 1 aliphatic carbocycles. The maximum Gasteiger partial charge on any atom is 1.00 e. The summed E-state index contributed by atoms with van der Waals surface area (Å²) in [5, 5.41) is 11.0. The molecule has 2 aromatic rings. The summed E-state index contributed by atoms with van der Waals surface area (Å²) in [6.45, 7) is 5.05. The molecule has 2 aromatic carbocycles. The molecule has 0 aromatic heterocycles. The van der Waals surface area contributed by atoms with Gasteiger partial charge in [-0.25, -0.2) is 0 Å². The number of carbonyl (C=O) groups is 2. The van der Waals surface area contributed by atoms with Crippen LogP contribution in [0.3, 0.4) is 0 Å². The van der Waals surface area contributed by atoms with Crippen LogP contribution < -0.4 is 34.7 Å². The van der Waals surface area contributed by atoms with Crippen molar-refractivity contribution >= 4 is 11.9 Å². The van der Waals surface area contributed by atoms with Crippen molar-refractivity contribution < 1.29 is 44.3 Å². The summed E-state index contributed by atoms with van der Waals surface area (Å²) in [5.41, 5.74) is 3.31. The van der Waals surface area contributed by atoms with Crippen LogP contribution in [0.4, 0.5) is 0 Å². The smallest absolute Gasteiger partial charge is 0.545 e. The Morgan fingerprint density at radius 2 is 1.41 bits per heavy atom. The summed E-state index contributed by atoms with van der Waals surface area (Å²) >= 11 is 0. The molecule has 0 spiro atoms. The quantitative estimate of drug-likeness (QED) is 0.529. The predicted molar refractivity (Wildman–Crippen MR) is 122 cm³/mol. The second-order valence-electron chi connectivity index (χ2n) is 8.74. The van der Waals surface area contributed by atoms with Gasteiger partial charge in [0.2, 0.25) is 5.91 Å². The second kappa shape index (κ2) is 13.2. The molecule has 0 N–H and O–H groups in total. The average Bonchev–Trinajstić information content (AvgIpc) is 3.32. The maximum absolute atomic E-state index is 13.4. The first-order chi connectivity index (χ1) is 15.0. The molecule has 0 atom stereocenters. The van der Waals surface area contributed by atoms with Crippen LogP contribution in [-0.4, -0.2) is 22.8 Å². The Hall–Kier alpha value is -1.62. The van der Waals surface area contributed by atoms with E-state index in [0.717, 1.165) is 55.2 Å². The SMILES string of the molecule is CCCC(CCC)N(Cc1ccc(-c2ccc(C(=O)[O-])cc2)cc1)C(=O)C1CCCC1.[Na+]. The molecule has 1 saturated carbocycles. The Bertz CT molecular complexity index is 851. The van der Waals surface area contributed by atoms with Crippen LogP contribution in [0.25, 0.3) is 11.1 Å². The Balaban J connectivity index is 0.00000363. The van der Waals surface area contributed by atoms with Crippen molar-refractivity contribution in [2.24, 2.45) is 5.92 Å². The van der Waals surface area contributed by atoms with Gasteiger partial charge in [-0.15, -0.1) is 0 Å². The third-order valence-corrected chi connectivity index (χ3v) is 6.43. The van der Waals surface area contributed by atoms with Gasteiger partial charge in [0.15, 0.2) is 0 Å². The summed E-state index contributed by atoms with van der Waals surface area (Å²) in [5.74, 6) is -0.633. The first-order valence-corrected chi connectivity index (χ1v) is 11.7. The number of amides is 1. The van der Waals surface area contributed by atoms with Crippen molar-refractivity contribution in [2.45, 2.75) is 77.8 Å². The van der Waals surface area contributed by atoms with Gasteiger partial charge in [-0.2, -0.15) is 0 Å². The molecule has 1 aliphatic rings. The summed E-state index contributed by atoms with van der Waals surface area (Å²) in [7, 11) is 0. The first-order valence-electron chi connectivity index (χ1n) is 11.7. The Kier molecular flexibility index (Phi) is 11.0. The maximum atomic E-state index is 13.4. The molecule has 1 fully saturated rings. The Morgan fingerprint density at radius 1 is 0.906 bits per heavy atom. The van der Waals surface area contributed by atoms with E-state index in [4.69, 9.17) is 0 Å². The molecular weight excluding hydrogens is 409 g/mol. The third-order valence-electron chi connectivity index (χ3n) is 6.43. The summed E-state index contributed by atoms with van der Waals surface area (Å²) in [6, 6.07) is 15.3. The van der Waals surface area contributed by atoms with Gasteiger partial charge >= 0.3 is 29.6 Å². The largest absolute Gasteiger partial charge is 1.00 e. The Labute approximate surface area is 214 Å². The monoisotopic (exact) mass is 443 g/mol. The minimum atomic E-state index is -1.16. The van der Waals surface area contributed by atoms with Crippen molar-refractivity contribution in [2.75, 3.05) is 0 Å². The minimum absolute atomic E-state index is 0.